The van der Waals surface area contributed by atoms with Gasteiger partial charge in [-0.2, -0.15) is 0 Å². The van der Waals surface area contributed by atoms with Crippen molar-refractivity contribution in [2.45, 2.75) is 32.1 Å². The summed E-state index contributed by atoms with van der Waals surface area (Å²) in [7, 11) is 0. The molecule has 3 N–H and O–H groups in total. The lowest BCUT2D eigenvalue weighted by Crippen LogP contribution is -2.25. The zero-order valence-corrected chi connectivity index (χ0v) is 20.4. The van der Waals surface area contributed by atoms with Crippen LogP contribution in [0.15, 0.2) is 0 Å². The van der Waals surface area contributed by atoms with Gasteiger partial charge in [0.1, 0.15) is 6.61 Å². The van der Waals surface area contributed by atoms with E-state index >= 15 is 0 Å². The molecule has 208 valence electrons. The number of Topliss-reactive ketones (excluding diaryl/α,β-unsaturated/α-hetero) is 1. The highest BCUT2D eigenvalue weighted by molar-refractivity contribution is 6.32. The molecule has 14 nitrogen and oxygen atoms in total. The molecule has 0 rings (SSSR count). The van der Waals surface area contributed by atoms with E-state index in [2.05, 4.69) is 5.32 Å². The minimum absolute atomic E-state index is 0.00262. The van der Waals surface area contributed by atoms with Gasteiger partial charge in [0.15, 0.2) is 0 Å². The monoisotopic (exact) mass is 523 g/mol. The van der Waals surface area contributed by atoms with Crippen molar-refractivity contribution in [1.29, 1.82) is 0 Å². The van der Waals surface area contributed by atoms with Gasteiger partial charge in [-0.15, -0.1) is 0 Å². The number of carboxylic acids is 2. The highest BCUT2D eigenvalue weighted by Gasteiger charge is 2.14. The zero-order chi connectivity index (χ0) is 26.9. The molecule has 0 aromatic rings. The van der Waals surface area contributed by atoms with Gasteiger partial charge < -0.3 is 44.0 Å². The molecule has 0 aliphatic heterocycles. The Balaban J connectivity index is 3.22. The van der Waals surface area contributed by atoms with Crippen LogP contribution in [0.2, 0.25) is 0 Å². The van der Waals surface area contributed by atoms with E-state index in [9.17, 15) is 24.0 Å². The first-order valence-corrected chi connectivity index (χ1v) is 11.6. The molecular weight excluding hydrogens is 486 g/mol. The lowest BCUT2D eigenvalue weighted by molar-refractivity contribution is -0.151. The Morgan fingerprint density at radius 1 is 0.556 bits per heavy atom. The van der Waals surface area contributed by atoms with Gasteiger partial charge in [-0.05, 0) is 6.42 Å². The first kappa shape index (κ1) is 33.4. The number of nitrogens with one attached hydrogen (secondary N) is 1. The molecule has 36 heavy (non-hydrogen) atoms. The summed E-state index contributed by atoms with van der Waals surface area (Å²) in [6.07, 6.45) is -0.259. The lowest BCUT2D eigenvalue weighted by Gasteiger charge is -2.08. The second kappa shape index (κ2) is 24.1. The Labute approximate surface area is 209 Å². The molecule has 0 saturated heterocycles. The molecule has 0 aromatic heterocycles. The average molecular weight is 524 g/mol. The number of esters is 1. The minimum atomic E-state index is -1.57. The number of carbonyl (C=O) groups excluding carboxylic acids is 3. The van der Waals surface area contributed by atoms with Crippen LogP contribution in [0.1, 0.15) is 32.1 Å². The maximum atomic E-state index is 11.3. The number of carboxylic acid groups (broad SMARTS) is 2. The summed E-state index contributed by atoms with van der Waals surface area (Å²) in [5, 5.41) is 19.5. The van der Waals surface area contributed by atoms with E-state index in [0.29, 0.717) is 72.4 Å². The molecule has 0 atom stereocenters. The summed E-state index contributed by atoms with van der Waals surface area (Å²) in [6.45, 7) is 4.11. The van der Waals surface area contributed by atoms with E-state index in [1.807, 2.05) is 0 Å². The number of carbonyl (C=O) groups is 5. The van der Waals surface area contributed by atoms with Crippen LogP contribution >= 0.6 is 0 Å². The molecule has 0 aliphatic rings. The molecule has 0 spiro atoms. The summed E-state index contributed by atoms with van der Waals surface area (Å²) in [6, 6.07) is 0. The van der Waals surface area contributed by atoms with Crippen molar-refractivity contribution in [3.63, 3.8) is 0 Å². The van der Waals surface area contributed by atoms with Crippen molar-refractivity contribution in [3.05, 3.63) is 0 Å². The predicted molar refractivity (Wildman–Crippen MR) is 121 cm³/mol. The van der Waals surface area contributed by atoms with Crippen LogP contribution in [0.5, 0.6) is 0 Å². The minimum Gasteiger partial charge on any atom is -0.481 e. The Bertz CT molecular complexity index is 641. The molecule has 0 aliphatic carbocycles. The van der Waals surface area contributed by atoms with Crippen molar-refractivity contribution in [3.8, 4) is 0 Å². The maximum absolute atomic E-state index is 11.3. The Morgan fingerprint density at radius 2 is 1.03 bits per heavy atom. The smallest absolute Gasteiger partial charge is 0.372 e. The zero-order valence-electron chi connectivity index (χ0n) is 20.4. The van der Waals surface area contributed by atoms with Crippen LogP contribution in [0.4, 0.5) is 0 Å². The number of hydrogen-bond acceptors (Lipinski definition) is 11. The van der Waals surface area contributed by atoms with E-state index in [1.54, 1.807) is 0 Å². The molecule has 0 unspecified atom stereocenters. The number of amides is 1. The van der Waals surface area contributed by atoms with Crippen LogP contribution in [-0.2, 0) is 52.4 Å². The third kappa shape index (κ3) is 24.5. The standard InChI is InChI=1S/C22H37NO13/c24-18(22(29)30)2-5-21(28)36-17-16-35-15-14-34-13-12-33-11-10-32-9-8-31-7-1-6-23-19(25)3-4-20(26)27/h1-17H2,(H,23,25)(H,26,27)(H,29,30). The van der Waals surface area contributed by atoms with E-state index < -0.39 is 30.1 Å². The van der Waals surface area contributed by atoms with Gasteiger partial charge >= 0.3 is 17.9 Å². The van der Waals surface area contributed by atoms with Gasteiger partial charge in [-0.25, -0.2) is 4.79 Å². The van der Waals surface area contributed by atoms with E-state index in [4.69, 9.17) is 38.6 Å². The Morgan fingerprint density at radius 3 is 1.50 bits per heavy atom. The van der Waals surface area contributed by atoms with Crippen LogP contribution in [0.25, 0.3) is 0 Å². The number of aliphatic carboxylic acids is 2. The number of ether oxygens (including phenoxy) is 6. The van der Waals surface area contributed by atoms with E-state index in [-0.39, 0.29) is 38.4 Å². The molecule has 0 radical (unpaired) electrons. The molecule has 0 heterocycles. The molecular formula is C22H37NO13. The summed E-state index contributed by atoms with van der Waals surface area (Å²) in [5.74, 6) is -4.55. The summed E-state index contributed by atoms with van der Waals surface area (Å²) >= 11 is 0. The SMILES string of the molecule is O=C(O)CCC(=O)NCCCOCCOCCOCCOCCOCCOC(=O)CCC(=O)C(=O)O. The fourth-order valence-corrected chi connectivity index (χ4v) is 2.30. The van der Waals surface area contributed by atoms with Crippen LogP contribution < -0.4 is 5.32 Å². The van der Waals surface area contributed by atoms with Crippen molar-refractivity contribution in [2.75, 3.05) is 79.2 Å². The second-order valence-electron chi connectivity index (χ2n) is 7.11. The van der Waals surface area contributed by atoms with Crippen molar-refractivity contribution < 1.29 is 62.6 Å². The van der Waals surface area contributed by atoms with Gasteiger partial charge in [0.05, 0.1) is 72.3 Å². The van der Waals surface area contributed by atoms with Crippen molar-refractivity contribution >= 4 is 29.6 Å². The molecule has 0 bridgehead atoms. The van der Waals surface area contributed by atoms with E-state index in [1.165, 1.54) is 0 Å². The highest BCUT2D eigenvalue weighted by Crippen LogP contribution is 1.95. The van der Waals surface area contributed by atoms with Gasteiger partial charge in [0.25, 0.3) is 0 Å². The van der Waals surface area contributed by atoms with Crippen LogP contribution in [0, 0.1) is 0 Å². The van der Waals surface area contributed by atoms with Crippen LogP contribution in [-0.4, -0.2) is 119 Å². The molecule has 0 saturated carbocycles. The molecule has 0 aromatic carbocycles. The van der Waals surface area contributed by atoms with Gasteiger partial charge in [-0.1, -0.05) is 0 Å². The Kier molecular flexibility index (Phi) is 22.3. The third-order valence-corrected chi connectivity index (χ3v) is 4.13. The lowest BCUT2D eigenvalue weighted by atomic mass is 10.2. The van der Waals surface area contributed by atoms with Gasteiger partial charge in [0, 0.05) is 26.0 Å². The predicted octanol–water partition coefficient (Wildman–Crippen LogP) is -0.582. The van der Waals surface area contributed by atoms with Crippen molar-refractivity contribution in [2.24, 2.45) is 0 Å². The third-order valence-electron chi connectivity index (χ3n) is 4.13. The fraction of sp³-hybridized carbons (Fsp3) is 0.773. The Hall–Kier alpha value is -2.65. The van der Waals surface area contributed by atoms with E-state index in [0.717, 1.165) is 0 Å². The quantitative estimate of drug-likeness (QED) is 0.0741. The largest absolute Gasteiger partial charge is 0.481 e. The normalized spacial score (nSPS) is 10.7. The maximum Gasteiger partial charge on any atom is 0.372 e. The molecule has 14 heteroatoms. The summed E-state index contributed by atoms with van der Waals surface area (Å²) in [5.41, 5.74) is 0. The van der Waals surface area contributed by atoms with Gasteiger partial charge in [-0.3, -0.25) is 19.2 Å². The first-order chi connectivity index (χ1) is 17.3. The number of ketones is 1. The molecule has 1 amide bonds. The van der Waals surface area contributed by atoms with Gasteiger partial charge in [0.2, 0.25) is 11.7 Å². The highest BCUT2D eigenvalue weighted by atomic mass is 16.6. The van der Waals surface area contributed by atoms with Crippen molar-refractivity contribution in [1.82, 2.24) is 5.32 Å². The number of hydrogen-bond donors (Lipinski definition) is 3. The average Bonchev–Trinajstić information content (AvgIpc) is 2.84. The fourth-order valence-electron chi connectivity index (χ4n) is 2.30. The topological polar surface area (TPSA) is 193 Å². The number of rotatable bonds is 26. The van der Waals surface area contributed by atoms with Crippen LogP contribution in [0.3, 0.4) is 0 Å². The summed E-state index contributed by atoms with van der Waals surface area (Å²) in [4.78, 5) is 54.1. The second-order valence-corrected chi connectivity index (χ2v) is 7.11. The summed E-state index contributed by atoms with van der Waals surface area (Å²) < 4.78 is 31.4. The molecule has 0 fully saturated rings. The first-order valence-electron chi connectivity index (χ1n) is 11.6.